The number of carbonyl (C=O) groups is 3. The molecule has 0 radical (unpaired) electrons. The topological polar surface area (TPSA) is 97.0 Å². The average molecular weight is 548 g/mol. The second kappa shape index (κ2) is 11.0. The van der Waals surface area contributed by atoms with Crippen molar-refractivity contribution in [2.45, 2.75) is 88.5 Å². The number of fused-ring (bicyclic) bond motifs is 1. The molecule has 8 nitrogen and oxygen atoms in total. The Morgan fingerprint density at radius 1 is 1.15 bits per heavy atom. The Labute approximate surface area is 236 Å². The SMILES string of the molecule is COc1cccc(NC(=O)C2[C@H]3C=CC4(O3)C(C(=O)NC3CCCCC3C)N(CCC3=CCCCC3)C(=O)[C@@H]24)c1. The molecule has 1 saturated carbocycles. The highest BCUT2D eigenvalue weighted by molar-refractivity contribution is 6.02. The molecule has 5 aliphatic rings. The lowest BCUT2D eigenvalue weighted by molar-refractivity contribution is -0.141. The van der Waals surface area contributed by atoms with E-state index in [0.29, 0.717) is 23.9 Å². The number of anilines is 1. The van der Waals surface area contributed by atoms with Crippen molar-refractivity contribution in [2.75, 3.05) is 19.0 Å². The van der Waals surface area contributed by atoms with Gasteiger partial charge in [0.2, 0.25) is 17.7 Å². The van der Waals surface area contributed by atoms with E-state index in [1.807, 2.05) is 24.3 Å². The number of hydrogen-bond acceptors (Lipinski definition) is 5. The fraction of sp³-hybridized carbons (Fsp3) is 0.594. The van der Waals surface area contributed by atoms with E-state index < -0.39 is 29.6 Å². The van der Waals surface area contributed by atoms with E-state index in [1.54, 1.807) is 24.1 Å². The summed E-state index contributed by atoms with van der Waals surface area (Å²) < 4.78 is 11.8. The molecular formula is C32H41N3O5. The van der Waals surface area contributed by atoms with Crippen molar-refractivity contribution in [3.05, 3.63) is 48.1 Å². The number of benzene rings is 1. The van der Waals surface area contributed by atoms with Crippen LogP contribution in [0.15, 0.2) is 48.1 Å². The molecule has 1 aromatic carbocycles. The van der Waals surface area contributed by atoms with Crippen molar-refractivity contribution in [3.63, 3.8) is 0 Å². The van der Waals surface area contributed by atoms with Crippen LogP contribution in [0, 0.1) is 17.8 Å². The largest absolute Gasteiger partial charge is 0.497 e. The zero-order chi connectivity index (χ0) is 27.9. The van der Waals surface area contributed by atoms with E-state index in [0.717, 1.165) is 44.9 Å². The lowest BCUT2D eigenvalue weighted by Gasteiger charge is -2.36. The van der Waals surface area contributed by atoms with Crippen LogP contribution in [0.2, 0.25) is 0 Å². The molecule has 8 heteroatoms. The van der Waals surface area contributed by atoms with Gasteiger partial charge in [0, 0.05) is 24.3 Å². The molecule has 2 aliphatic carbocycles. The Bertz CT molecular complexity index is 1230. The molecule has 214 valence electrons. The summed E-state index contributed by atoms with van der Waals surface area (Å²) in [6, 6.07) is 6.46. The molecule has 3 fully saturated rings. The molecule has 1 aromatic rings. The molecule has 7 atom stereocenters. The van der Waals surface area contributed by atoms with Crippen LogP contribution in [0.25, 0.3) is 0 Å². The monoisotopic (exact) mass is 547 g/mol. The van der Waals surface area contributed by atoms with Gasteiger partial charge in [0.25, 0.3) is 0 Å². The molecule has 1 spiro atoms. The van der Waals surface area contributed by atoms with E-state index in [2.05, 4.69) is 23.6 Å². The van der Waals surface area contributed by atoms with Crippen LogP contribution >= 0.6 is 0 Å². The van der Waals surface area contributed by atoms with E-state index in [1.165, 1.54) is 18.4 Å². The molecule has 40 heavy (non-hydrogen) atoms. The first kappa shape index (κ1) is 27.1. The van der Waals surface area contributed by atoms with E-state index in [9.17, 15) is 14.4 Å². The smallest absolute Gasteiger partial charge is 0.246 e. The first-order valence-electron chi connectivity index (χ1n) is 15.0. The van der Waals surface area contributed by atoms with Crippen LogP contribution in [-0.4, -0.2) is 60.1 Å². The van der Waals surface area contributed by atoms with Crippen LogP contribution in [0.5, 0.6) is 5.75 Å². The van der Waals surface area contributed by atoms with E-state index >= 15 is 0 Å². The van der Waals surface area contributed by atoms with E-state index in [4.69, 9.17) is 9.47 Å². The first-order chi connectivity index (χ1) is 19.4. The van der Waals surface area contributed by atoms with Crippen LogP contribution in [0.4, 0.5) is 5.69 Å². The summed E-state index contributed by atoms with van der Waals surface area (Å²) in [5, 5.41) is 6.28. The van der Waals surface area contributed by atoms with Gasteiger partial charge >= 0.3 is 0 Å². The summed E-state index contributed by atoms with van der Waals surface area (Å²) in [4.78, 5) is 43.7. The number of carbonyl (C=O) groups excluding carboxylic acids is 3. The molecule has 2 bridgehead atoms. The first-order valence-corrected chi connectivity index (χ1v) is 15.0. The van der Waals surface area contributed by atoms with Crippen LogP contribution < -0.4 is 15.4 Å². The Balaban J connectivity index is 1.28. The number of nitrogens with one attached hydrogen (secondary N) is 2. The highest BCUT2D eigenvalue weighted by Gasteiger charge is 2.72. The van der Waals surface area contributed by atoms with Gasteiger partial charge in [-0.15, -0.1) is 0 Å². The predicted octanol–water partition coefficient (Wildman–Crippen LogP) is 4.37. The maximum atomic E-state index is 14.2. The van der Waals surface area contributed by atoms with Gasteiger partial charge in [-0.3, -0.25) is 14.4 Å². The molecule has 0 aromatic heterocycles. The number of hydrogen-bond donors (Lipinski definition) is 2. The quantitative estimate of drug-likeness (QED) is 0.471. The number of rotatable bonds is 8. The normalized spacial score (nSPS) is 34.4. The van der Waals surface area contributed by atoms with Gasteiger partial charge in [-0.1, -0.05) is 49.6 Å². The van der Waals surface area contributed by atoms with Crippen LogP contribution in [-0.2, 0) is 19.1 Å². The Hall–Kier alpha value is -3.13. The van der Waals surface area contributed by atoms with Gasteiger partial charge in [0.15, 0.2) is 0 Å². The lowest BCUT2D eigenvalue weighted by Crippen LogP contribution is -2.57. The highest BCUT2D eigenvalue weighted by Crippen LogP contribution is 2.55. The molecule has 2 N–H and O–H groups in total. The Kier molecular flexibility index (Phi) is 7.46. The van der Waals surface area contributed by atoms with Gasteiger partial charge in [-0.25, -0.2) is 0 Å². The van der Waals surface area contributed by atoms with E-state index in [-0.39, 0.29) is 23.8 Å². The molecule has 2 saturated heterocycles. The summed E-state index contributed by atoms with van der Waals surface area (Å²) in [6.45, 7) is 2.64. The van der Waals surface area contributed by atoms with Gasteiger partial charge < -0.3 is 25.0 Å². The van der Waals surface area contributed by atoms with Gasteiger partial charge in [0.05, 0.1) is 25.0 Å². The number of allylic oxidation sites excluding steroid dienone is 1. The lowest BCUT2D eigenvalue weighted by atomic mass is 9.74. The standard InChI is InChI=1S/C32H41N3O5/c1-20-9-6-7-14-24(20)34-30(37)28-32-17-15-25(40-32)26(29(36)33-22-12-8-13-23(19-22)39-2)27(32)31(38)35(28)18-16-21-10-4-3-5-11-21/h8,10,12-13,15,17,19-20,24-28H,3-7,9,11,14,16,18H2,1-2H3,(H,33,36)(H,34,37)/t20?,24?,25-,26?,27-,28?,32?/m1/s1. The molecule has 6 rings (SSSR count). The third kappa shape index (κ3) is 4.74. The summed E-state index contributed by atoms with van der Waals surface area (Å²) in [7, 11) is 1.58. The number of methoxy groups -OCH3 is 1. The zero-order valence-electron chi connectivity index (χ0n) is 23.6. The zero-order valence-corrected chi connectivity index (χ0v) is 23.6. The molecule has 3 amide bonds. The maximum absolute atomic E-state index is 14.2. The number of nitrogens with zero attached hydrogens (tertiary/aromatic N) is 1. The number of amides is 3. The molecule has 3 heterocycles. The fourth-order valence-corrected chi connectivity index (χ4v) is 7.62. The fourth-order valence-electron chi connectivity index (χ4n) is 7.62. The third-order valence-corrected chi connectivity index (χ3v) is 9.76. The van der Waals surface area contributed by atoms with Crippen molar-refractivity contribution < 1.29 is 23.9 Å². The summed E-state index contributed by atoms with van der Waals surface area (Å²) in [6.07, 6.45) is 15.0. The summed E-state index contributed by atoms with van der Waals surface area (Å²) in [5.41, 5.74) is 0.806. The van der Waals surface area contributed by atoms with Crippen LogP contribution in [0.1, 0.15) is 64.7 Å². The third-order valence-electron chi connectivity index (χ3n) is 9.76. The maximum Gasteiger partial charge on any atom is 0.246 e. The van der Waals surface area contributed by atoms with Crippen molar-refractivity contribution in [3.8, 4) is 5.75 Å². The second-order valence-electron chi connectivity index (χ2n) is 12.2. The van der Waals surface area contributed by atoms with Gasteiger partial charge in [-0.05, 0) is 63.0 Å². The Morgan fingerprint density at radius 2 is 2.00 bits per heavy atom. The molecule has 5 unspecified atom stereocenters. The average Bonchev–Trinajstić information content (AvgIpc) is 3.61. The predicted molar refractivity (Wildman–Crippen MR) is 152 cm³/mol. The van der Waals surface area contributed by atoms with Crippen molar-refractivity contribution in [2.24, 2.45) is 17.8 Å². The highest BCUT2D eigenvalue weighted by atomic mass is 16.5. The van der Waals surface area contributed by atoms with Crippen molar-refractivity contribution in [1.82, 2.24) is 10.2 Å². The Morgan fingerprint density at radius 3 is 2.77 bits per heavy atom. The molecular weight excluding hydrogens is 506 g/mol. The van der Waals surface area contributed by atoms with Gasteiger partial charge in [0.1, 0.15) is 17.4 Å². The molecule has 3 aliphatic heterocycles. The minimum Gasteiger partial charge on any atom is -0.497 e. The summed E-state index contributed by atoms with van der Waals surface area (Å²) >= 11 is 0. The van der Waals surface area contributed by atoms with Crippen molar-refractivity contribution in [1.29, 1.82) is 0 Å². The van der Waals surface area contributed by atoms with Crippen LogP contribution in [0.3, 0.4) is 0 Å². The van der Waals surface area contributed by atoms with Crippen molar-refractivity contribution >= 4 is 23.4 Å². The van der Waals surface area contributed by atoms with Gasteiger partial charge in [-0.2, -0.15) is 0 Å². The number of likely N-dealkylation sites (tertiary alicyclic amines) is 1. The second-order valence-corrected chi connectivity index (χ2v) is 12.2. The summed E-state index contributed by atoms with van der Waals surface area (Å²) in [5.74, 6) is -1.04. The number of ether oxygens (including phenoxy) is 2. The minimum absolute atomic E-state index is 0.0874. The minimum atomic E-state index is -1.14.